The van der Waals surface area contributed by atoms with E-state index >= 15 is 0 Å². The highest BCUT2D eigenvalue weighted by atomic mass is 19.3. The van der Waals surface area contributed by atoms with Gasteiger partial charge in [-0.2, -0.15) is 0 Å². The molecule has 0 saturated heterocycles. The highest BCUT2D eigenvalue weighted by Gasteiger charge is 2.21. The second-order valence-corrected chi connectivity index (χ2v) is 3.72. The summed E-state index contributed by atoms with van der Waals surface area (Å²) in [5.74, 6) is -1.17. The molecule has 0 aliphatic rings. The Morgan fingerprint density at radius 2 is 1.94 bits per heavy atom. The molecule has 0 bridgehead atoms. The minimum atomic E-state index is -2.82. The second-order valence-electron chi connectivity index (χ2n) is 3.72. The first kappa shape index (κ1) is 13.5. The van der Waals surface area contributed by atoms with E-state index in [1.807, 2.05) is 0 Å². The van der Waals surface area contributed by atoms with E-state index < -0.39 is 17.8 Å². The van der Waals surface area contributed by atoms with Gasteiger partial charge >= 0.3 is 0 Å². The van der Waals surface area contributed by atoms with E-state index in [2.05, 4.69) is 0 Å². The number of benzene rings is 1. The maximum Gasteiger partial charge on any atom is 0.267 e. The van der Waals surface area contributed by atoms with Crippen LogP contribution in [0.25, 0.3) is 0 Å². The van der Waals surface area contributed by atoms with Crippen molar-refractivity contribution in [3.05, 3.63) is 29.1 Å². The van der Waals surface area contributed by atoms with Gasteiger partial charge in [-0.3, -0.25) is 0 Å². The Labute approximate surface area is 97.4 Å². The van der Waals surface area contributed by atoms with Gasteiger partial charge in [0.1, 0.15) is 17.9 Å². The molecular weight excluding hydrogens is 233 g/mol. The number of hydrogen-bond acceptors (Lipinski definition) is 2. The normalized spacial score (nSPS) is 12.6. The van der Waals surface area contributed by atoms with Crippen LogP contribution in [0.15, 0.2) is 12.1 Å². The van der Waals surface area contributed by atoms with E-state index in [9.17, 15) is 18.0 Å². The molecule has 0 spiro atoms. The Balaban J connectivity index is 3.32. The predicted octanol–water partition coefficient (Wildman–Crippen LogP) is 3.46. The Hall–Kier alpha value is -1.52. The van der Waals surface area contributed by atoms with Crippen molar-refractivity contribution in [1.82, 2.24) is 0 Å². The Morgan fingerprint density at radius 3 is 2.41 bits per heavy atom. The summed E-state index contributed by atoms with van der Waals surface area (Å²) in [6.07, 6.45) is -2.03. The first-order chi connectivity index (χ1) is 8.01. The number of methoxy groups -OCH3 is 1. The van der Waals surface area contributed by atoms with Crippen LogP contribution in [0, 0.1) is 5.82 Å². The van der Waals surface area contributed by atoms with Crippen molar-refractivity contribution >= 4 is 6.29 Å². The standard InChI is InChI=1S/C12H13F3O2/c1-7(3-4-16)9-5-8(13)6-10(12(14)15)11(9)17-2/h4-7,12H,3H2,1-2H3. The van der Waals surface area contributed by atoms with Crippen LogP contribution in [-0.4, -0.2) is 13.4 Å². The number of hydrogen-bond donors (Lipinski definition) is 0. The van der Waals surface area contributed by atoms with Crippen LogP contribution in [0.4, 0.5) is 13.2 Å². The van der Waals surface area contributed by atoms with E-state index in [4.69, 9.17) is 4.74 Å². The first-order valence-electron chi connectivity index (χ1n) is 5.10. The number of halogens is 3. The third kappa shape index (κ3) is 2.99. The van der Waals surface area contributed by atoms with Crippen LogP contribution in [-0.2, 0) is 4.79 Å². The van der Waals surface area contributed by atoms with Crippen molar-refractivity contribution in [2.75, 3.05) is 7.11 Å². The summed E-state index contributed by atoms with van der Waals surface area (Å²) in [6.45, 7) is 1.65. The van der Waals surface area contributed by atoms with E-state index in [1.165, 1.54) is 7.11 Å². The third-order valence-electron chi connectivity index (χ3n) is 2.53. The van der Waals surface area contributed by atoms with Crippen molar-refractivity contribution < 1.29 is 22.7 Å². The summed E-state index contributed by atoms with van der Waals surface area (Å²) < 4.78 is 43.5. The van der Waals surface area contributed by atoms with Crippen molar-refractivity contribution in [2.24, 2.45) is 0 Å². The molecule has 0 radical (unpaired) electrons. The van der Waals surface area contributed by atoms with E-state index in [0.29, 0.717) is 6.29 Å². The van der Waals surface area contributed by atoms with Gasteiger partial charge in [-0.05, 0) is 18.1 Å². The van der Waals surface area contributed by atoms with Crippen LogP contribution in [0.2, 0.25) is 0 Å². The fraction of sp³-hybridized carbons (Fsp3) is 0.417. The lowest BCUT2D eigenvalue weighted by Gasteiger charge is -2.17. The predicted molar refractivity (Wildman–Crippen MR) is 57.0 cm³/mol. The van der Waals surface area contributed by atoms with Crippen LogP contribution in [0.5, 0.6) is 5.75 Å². The van der Waals surface area contributed by atoms with Gasteiger partial charge in [0.05, 0.1) is 12.7 Å². The molecule has 5 heteroatoms. The highest BCUT2D eigenvalue weighted by molar-refractivity contribution is 5.54. The molecule has 0 fully saturated rings. The quantitative estimate of drug-likeness (QED) is 0.743. The number of ether oxygens (including phenoxy) is 1. The SMILES string of the molecule is COc1c(C(F)F)cc(F)cc1C(C)CC=O. The molecule has 0 aliphatic carbocycles. The van der Waals surface area contributed by atoms with Crippen LogP contribution < -0.4 is 4.74 Å². The first-order valence-corrected chi connectivity index (χ1v) is 5.10. The number of alkyl halides is 2. The summed E-state index contributed by atoms with van der Waals surface area (Å²) in [7, 11) is 1.25. The lowest BCUT2D eigenvalue weighted by molar-refractivity contribution is -0.108. The maximum atomic E-state index is 13.2. The van der Waals surface area contributed by atoms with Gasteiger partial charge in [0.15, 0.2) is 0 Å². The van der Waals surface area contributed by atoms with Gasteiger partial charge < -0.3 is 9.53 Å². The van der Waals surface area contributed by atoms with E-state index in [-0.39, 0.29) is 23.7 Å². The minimum Gasteiger partial charge on any atom is -0.496 e. The molecule has 0 aliphatic heterocycles. The van der Waals surface area contributed by atoms with Crippen molar-refractivity contribution in [3.63, 3.8) is 0 Å². The number of carbonyl (C=O) groups excluding carboxylic acids is 1. The van der Waals surface area contributed by atoms with E-state index in [1.54, 1.807) is 6.92 Å². The molecule has 1 rings (SSSR count). The summed E-state index contributed by atoms with van der Waals surface area (Å²) >= 11 is 0. The fourth-order valence-electron chi connectivity index (χ4n) is 1.67. The zero-order chi connectivity index (χ0) is 13.0. The van der Waals surface area contributed by atoms with Gasteiger partial charge in [-0.25, -0.2) is 13.2 Å². The molecule has 1 atom stereocenters. The molecule has 94 valence electrons. The van der Waals surface area contributed by atoms with Gasteiger partial charge in [-0.15, -0.1) is 0 Å². The van der Waals surface area contributed by atoms with Gasteiger partial charge in [-0.1, -0.05) is 6.92 Å². The molecule has 0 saturated carbocycles. The largest absolute Gasteiger partial charge is 0.496 e. The van der Waals surface area contributed by atoms with Crippen molar-refractivity contribution in [1.29, 1.82) is 0 Å². The lowest BCUT2D eigenvalue weighted by atomic mass is 9.95. The molecule has 0 heterocycles. The number of carbonyl (C=O) groups is 1. The fourth-order valence-corrected chi connectivity index (χ4v) is 1.67. The van der Waals surface area contributed by atoms with E-state index in [0.717, 1.165) is 12.1 Å². The Kier molecular flexibility index (Phi) is 4.54. The molecule has 1 unspecified atom stereocenters. The second kappa shape index (κ2) is 5.70. The molecule has 17 heavy (non-hydrogen) atoms. The summed E-state index contributed by atoms with van der Waals surface area (Å²) in [5.41, 5.74) is -0.199. The molecule has 0 amide bonds. The molecule has 0 N–H and O–H groups in total. The third-order valence-corrected chi connectivity index (χ3v) is 2.53. The van der Waals surface area contributed by atoms with Crippen LogP contribution in [0.1, 0.15) is 36.8 Å². The molecule has 2 nitrogen and oxygen atoms in total. The van der Waals surface area contributed by atoms with Crippen LogP contribution >= 0.6 is 0 Å². The zero-order valence-corrected chi connectivity index (χ0v) is 9.54. The van der Waals surface area contributed by atoms with Gasteiger partial charge in [0.25, 0.3) is 6.43 Å². The average Bonchev–Trinajstić information content (AvgIpc) is 2.28. The maximum absolute atomic E-state index is 13.2. The zero-order valence-electron chi connectivity index (χ0n) is 9.54. The molecular formula is C12H13F3O2. The summed E-state index contributed by atoms with van der Waals surface area (Å²) in [5, 5.41) is 0. The number of rotatable bonds is 5. The Morgan fingerprint density at radius 1 is 1.35 bits per heavy atom. The topological polar surface area (TPSA) is 26.3 Å². The molecule has 0 aromatic heterocycles. The molecule has 1 aromatic carbocycles. The lowest BCUT2D eigenvalue weighted by Crippen LogP contribution is -2.03. The summed E-state index contributed by atoms with van der Waals surface area (Å²) in [6, 6.07) is 1.87. The Bertz CT molecular complexity index is 405. The molecule has 1 aromatic rings. The highest BCUT2D eigenvalue weighted by Crippen LogP contribution is 2.37. The van der Waals surface area contributed by atoms with Crippen LogP contribution in [0.3, 0.4) is 0 Å². The van der Waals surface area contributed by atoms with Gasteiger partial charge in [0.2, 0.25) is 0 Å². The van der Waals surface area contributed by atoms with Crippen molar-refractivity contribution in [2.45, 2.75) is 25.7 Å². The van der Waals surface area contributed by atoms with Gasteiger partial charge in [0, 0.05) is 12.0 Å². The summed E-state index contributed by atoms with van der Waals surface area (Å²) in [4.78, 5) is 10.4. The van der Waals surface area contributed by atoms with Crippen molar-refractivity contribution in [3.8, 4) is 5.75 Å². The monoisotopic (exact) mass is 246 g/mol. The average molecular weight is 246 g/mol. The smallest absolute Gasteiger partial charge is 0.267 e. The number of aldehydes is 1. The minimum absolute atomic E-state index is 0.0456.